The van der Waals surface area contributed by atoms with Crippen molar-refractivity contribution < 1.29 is 41.0 Å². The third-order valence-corrected chi connectivity index (χ3v) is 8.24. The number of fused-ring (bicyclic) bond motifs is 1. The Labute approximate surface area is 211 Å². The molecule has 0 bridgehead atoms. The molecule has 2 aromatic rings. The fourth-order valence-corrected chi connectivity index (χ4v) is 5.70. The second kappa shape index (κ2) is 9.67. The summed E-state index contributed by atoms with van der Waals surface area (Å²) >= 11 is 0. The summed E-state index contributed by atoms with van der Waals surface area (Å²) in [4.78, 5) is 11.4. The molecule has 3 atom stereocenters. The van der Waals surface area contributed by atoms with Gasteiger partial charge in [0, 0.05) is 12.1 Å². The fraction of sp³-hybridized carbons (Fsp3) is 0.593. The Morgan fingerprint density at radius 1 is 1.05 bits per heavy atom. The van der Waals surface area contributed by atoms with E-state index in [2.05, 4.69) is 5.32 Å². The highest BCUT2D eigenvalue weighted by Crippen LogP contribution is 2.48. The van der Waals surface area contributed by atoms with Crippen molar-refractivity contribution in [1.82, 2.24) is 5.32 Å². The van der Waals surface area contributed by atoms with E-state index in [0.717, 1.165) is 5.56 Å². The van der Waals surface area contributed by atoms with E-state index < -0.39 is 47.2 Å². The summed E-state index contributed by atoms with van der Waals surface area (Å²) in [5.41, 5.74) is -0.625. The Morgan fingerprint density at radius 2 is 1.70 bits per heavy atom. The highest BCUT2D eigenvalue weighted by Gasteiger charge is 2.52. The summed E-state index contributed by atoms with van der Waals surface area (Å²) < 4.78 is 86.9. The number of hydrogen-bond donors (Lipinski definition) is 2. The number of alkyl halides is 6. The number of carboxylic acids is 1. The Kier molecular flexibility index (Phi) is 7.20. The minimum atomic E-state index is -4.72. The van der Waals surface area contributed by atoms with E-state index in [-0.39, 0.29) is 48.9 Å². The van der Waals surface area contributed by atoms with Crippen LogP contribution in [0.1, 0.15) is 70.0 Å². The molecule has 0 heterocycles. The minimum Gasteiger partial charge on any atom is -0.490 e. The lowest BCUT2D eigenvalue weighted by atomic mass is 9.58. The Balaban J connectivity index is 1.54. The van der Waals surface area contributed by atoms with Crippen LogP contribution in [0.3, 0.4) is 0 Å². The zero-order valence-corrected chi connectivity index (χ0v) is 20.8. The molecule has 2 fully saturated rings. The maximum absolute atomic E-state index is 14.1. The Morgan fingerprint density at radius 3 is 2.24 bits per heavy atom. The number of rotatable bonds is 6. The monoisotopic (exact) mass is 531 g/mol. The van der Waals surface area contributed by atoms with E-state index in [1.54, 1.807) is 12.1 Å². The molecule has 0 amide bonds. The molecule has 37 heavy (non-hydrogen) atoms. The van der Waals surface area contributed by atoms with Crippen LogP contribution in [0, 0.1) is 17.3 Å². The molecule has 2 aliphatic rings. The lowest BCUT2D eigenvalue weighted by molar-refractivity contribution is -0.185. The van der Waals surface area contributed by atoms with Crippen LogP contribution in [0.4, 0.5) is 26.3 Å². The second-order valence-electron chi connectivity index (χ2n) is 10.9. The Bertz CT molecular complexity index is 1150. The van der Waals surface area contributed by atoms with Crippen LogP contribution in [0.25, 0.3) is 10.8 Å². The molecule has 0 saturated heterocycles. The first-order valence-electron chi connectivity index (χ1n) is 12.4. The number of benzene rings is 2. The van der Waals surface area contributed by atoms with E-state index in [1.165, 1.54) is 18.2 Å². The van der Waals surface area contributed by atoms with Gasteiger partial charge in [0.2, 0.25) is 0 Å². The van der Waals surface area contributed by atoms with Crippen molar-refractivity contribution in [3.05, 3.63) is 41.5 Å². The van der Waals surface area contributed by atoms with Gasteiger partial charge in [0.25, 0.3) is 0 Å². The van der Waals surface area contributed by atoms with Crippen molar-refractivity contribution in [2.45, 2.75) is 83.4 Å². The summed E-state index contributed by atoms with van der Waals surface area (Å²) in [5.74, 6) is -3.11. The summed E-state index contributed by atoms with van der Waals surface area (Å²) in [7, 11) is 0. The van der Waals surface area contributed by atoms with Crippen LogP contribution in [-0.2, 0) is 11.0 Å². The first-order chi connectivity index (χ1) is 17.1. The van der Waals surface area contributed by atoms with E-state index in [0.29, 0.717) is 11.8 Å². The maximum atomic E-state index is 14.1. The molecule has 2 aliphatic carbocycles. The van der Waals surface area contributed by atoms with Gasteiger partial charge in [-0.2, -0.15) is 26.3 Å². The smallest absolute Gasteiger partial charge is 0.420 e. The quantitative estimate of drug-likeness (QED) is 0.379. The number of hydrogen-bond acceptors (Lipinski definition) is 3. The normalized spacial score (nSPS) is 26.9. The molecule has 4 nitrogen and oxygen atoms in total. The van der Waals surface area contributed by atoms with Gasteiger partial charge in [0.15, 0.2) is 0 Å². The van der Waals surface area contributed by atoms with Crippen LogP contribution in [-0.4, -0.2) is 29.4 Å². The van der Waals surface area contributed by atoms with Gasteiger partial charge >= 0.3 is 18.3 Å². The van der Waals surface area contributed by atoms with Crippen molar-refractivity contribution in [2.24, 2.45) is 17.3 Å². The second-order valence-corrected chi connectivity index (χ2v) is 10.9. The molecule has 0 aromatic heterocycles. The van der Waals surface area contributed by atoms with Gasteiger partial charge in [-0.25, -0.2) is 0 Å². The number of nitrogens with one attached hydrogen (secondary N) is 1. The van der Waals surface area contributed by atoms with Gasteiger partial charge in [-0.1, -0.05) is 32.0 Å². The number of aliphatic carboxylic acids is 1. The highest BCUT2D eigenvalue weighted by molar-refractivity contribution is 5.89. The van der Waals surface area contributed by atoms with Crippen molar-refractivity contribution in [2.75, 3.05) is 0 Å². The van der Waals surface area contributed by atoms with Crippen molar-refractivity contribution in [3.63, 3.8) is 0 Å². The summed E-state index contributed by atoms with van der Waals surface area (Å²) in [6.07, 6.45) is -9.49. The Hall–Kier alpha value is -2.49. The van der Waals surface area contributed by atoms with Crippen molar-refractivity contribution in [1.29, 1.82) is 0 Å². The van der Waals surface area contributed by atoms with Gasteiger partial charge in [-0.05, 0) is 72.9 Å². The standard InChI is InChI=1S/C27H31F6NO3/c1-14(34-22-13-20(24(35)36)25(22,2)3)15-4-10-19-16(12-15)5-11-21(23(19)27(31,32)33)37-18-8-6-17(7-9-18)26(28,29)30/h4-5,10-12,14,17-18,20,22,34H,6-9,13H2,1-3H3,(H,35,36)/t14-,17?,18?,20?,22?/m0/s1. The summed E-state index contributed by atoms with van der Waals surface area (Å²) in [6, 6.07) is 7.17. The molecule has 204 valence electrons. The van der Waals surface area contributed by atoms with Crippen LogP contribution in [0.5, 0.6) is 5.75 Å². The van der Waals surface area contributed by atoms with Gasteiger partial charge in [0.1, 0.15) is 11.3 Å². The third-order valence-electron chi connectivity index (χ3n) is 8.24. The highest BCUT2D eigenvalue weighted by atomic mass is 19.4. The largest absolute Gasteiger partial charge is 0.490 e. The van der Waals surface area contributed by atoms with Gasteiger partial charge in [0.05, 0.1) is 17.9 Å². The van der Waals surface area contributed by atoms with E-state index in [4.69, 9.17) is 4.74 Å². The van der Waals surface area contributed by atoms with Gasteiger partial charge < -0.3 is 15.2 Å². The summed E-state index contributed by atoms with van der Waals surface area (Å²) in [6.45, 7) is 5.64. The zero-order chi connectivity index (χ0) is 27.3. The number of carbonyl (C=O) groups is 1. The van der Waals surface area contributed by atoms with Crippen LogP contribution < -0.4 is 10.1 Å². The lowest BCUT2D eigenvalue weighted by Crippen LogP contribution is -2.59. The van der Waals surface area contributed by atoms with Crippen molar-refractivity contribution >= 4 is 16.7 Å². The molecule has 0 radical (unpaired) electrons. The average molecular weight is 532 g/mol. The molecule has 2 saturated carbocycles. The molecular formula is C27H31F6NO3. The molecule has 2 N–H and O–H groups in total. The summed E-state index contributed by atoms with van der Waals surface area (Å²) in [5, 5.41) is 13.1. The molecule has 0 aliphatic heterocycles. The zero-order valence-electron chi connectivity index (χ0n) is 20.8. The van der Waals surface area contributed by atoms with Gasteiger partial charge in [-0.15, -0.1) is 0 Å². The molecular weight excluding hydrogens is 500 g/mol. The lowest BCUT2D eigenvalue weighted by Gasteiger charge is -2.51. The molecule has 10 heteroatoms. The van der Waals surface area contributed by atoms with Crippen molar-refractivity contribution in [3.8, 4) is 5.75 Å². The SMILES string of the molecule is C[C@H](NC1CC(C(=O)O)C1(C)C)c1ccc2c(C(F)(F)F)c(OC3CCC(C(F)(F)F)CC3)ccc2c1. The van der Waals surface area contributed by atoms with E-state index >= 15 is 0 Å². The minimum absolute atomic E-state index is 0.0418. The fourth-order valence-electron chi connectivity index (χ4n) is 5.70. The number of carboxylic acid groups (broad SMARTS) is 1. The number of ether oxygens (including phenoxy) is 1. The third kappa shape index (κ3) is 5.54. The van der Waals surface area contributed by atoms with Crippen LogP contribution >= 0.6 is 0 Å². The van der Waals surface area contributed by atoms with E-state index in [9.17, 15) is 36.2 Å². The van der Waals surface area contributed by atoms with Crippen LogP contribution in [0.15, 0.2) is 30.3 Å². The maximum Gasteiger partial charge on any atom is 0.420 e. The van der Waals surface area contributed by atoms with Crippen LogP contribution in [0.2, 0.25) is 0 Å². The molecule has 2 aromatic carbocycles. The number of halogens is 6. The first-order valence-corrected chi connectivity index (χ1v) is 12.4. The van der Waals surface area contributed by atoms with Gasteiger partial charge in [-0.3, -0.25) is 4.79 Å². The predicted molar refractivity (Wildman–Crippen MR) is 126 cm³/mol. The predicted octanol–water partition coefficient (Wildman–Crippen LogP) is 7.51. The first kappa shape index (κ1) is 27.5. The van der Waals surface area contributed by atoms with E-state index in [1.807, 2.05) is 20.8 Å². The topological polar surface area (TPSA) is 58.6 Å². The molecule has 2 unspecified atom stereocenters. The molecule has 0 spiro atoms. The molecule has 4 rings (SSSR count). The average Bonchev–Trinajstić information content (AvgIpc) is 2.79.